The Balaban J connectivity index is 2.05. The van der Waals surface area contributed by atoms with Crippen LogP contribution in [0.15, 0.2) is 6.20 Å². The van der Waals surface area contributed by atoms with Gasteiger partial charge in [0, 0.05) is 36.6 Å². The van der Waals surface area contributed by atoms with Crippen molar-refractivity contribution in [1.82, 2.24) is 4.98 Å². The summed E-state index contributed by atoms with van der Waals surface area (Å²) in [5, 5.41) is 10.2. The number of aliphatic hydroxyl groups is 1. The number of aliphatic hydroxyl groups excluding tert-OH is 1. The Labute approximate surface area is 98.8 Å². The first kappa shape index (κ1) is 11.8. The van der Waals surface area contributed by atoms with Crippen molar-refractivity contribution in [1.29, 1.82) is 0 Å². The van der Waals surface area contributed by atoms with Gasteiger partial charge in [0.05, 0.1) is 19.8 Å². The molecular weight excluding hydrogens is 226 g/mol. The van der Waals surface area contributed by atoms with Crippen LogP contribution in [0.5, 0.6) is 0 Å². The van der Waals surface area contributed by atoms with Crippen molar-refractivity contribution in [2.75, 3.05) is 44.4 Å². The van der Waals surface area contributed by atoms with Crippen LogP contribution in [-0.2, 0) is 4.74 Å². The molecule has 1 aliphatic heterocycles. The second kappa shape index (κ2) is 5.58. The molecule has 16 heavy (non-hydrogen) atoms. The van der Waals surface area contributed by atoms with E-state index in [0.717, 1.165) is 36.3 Å². The number of ether oxygens (including phenoxy) is 1. The van der Waals surface area contributed by atoms with E-state index in [0.29, 0.717) is 6.54 Å². The smallest absolute Gasteiger partial charge is 0.185 e. The molecule has 1 fully saturated rings. The molecule has 1 atom stereocenters. The van der Waals surface area contributed by atoms with Crippen molar-refractivity contribution in [3.05, 3.63) is 11.1 Å². The number of anilines is 1. The van der Waals surface area contributed by atoms with E-state index in [2.05, 4.69) is 9.88 Å². The Morgan fingerprint density at radius 1 is 1.56 bits per heavy atom. The van der Waals surface area contributed by atoms with E-state index < -0.39 is 0 Å². The van der Waals surface area contributed by atoms with Crippen LogP contribution < -0.4 is 10.6 Å². The van der Waals surface area contributed by atoms with Crippen LogP contribution in [0, 0.1) is 0 Å². The van der Waals surface area contributed by atoms with Gasteiger partial charge in [-0.3, -0.25) is 0 Å². The first-order valence-electron chi connectivity index (χ1n) is 5.44. The van der Waals surface area contributed by atoms with Crippen LogP contribution in [0.2, 0.25) is 0 Å². The topological polar surface area (TPSA) is 71.6 Å². The summed E-state index contributed by atoms with van der Waals surface area (Å²) in [5.74, 6) is 0.0206. The number of rotatable bonds is 4. The van der Waals surface area contributed by atoms with Gasteiger partial charge in [-0.1, -0.05) is 0 Å². The van der Waals surface area contributed by atoms with Gasteiger partial charge in [0.2, 0.25) is 0 Å². The summed E-state index contributed by atoms with van der Waals surface area (Å²) in [7, 11) is 0. The summed E-state index contributed by atoms with van der Waals surface area (Å²) in [5.41, 5.74) is 5.59. The quantitative estimate of drug-likeness (QED) is 0.779. The average Bonchev–Trinajstić information content (AvgIpc) is 2.81. The van der Waals surface area contributed by atoms with Gasteiger partial charge in [-0.2, -0.15) is 0 Å². The van der Waals surface area contributed by atoms with E-state index >= 15 is 0 Å². The largest absolute Gasteiger partial charge is 0.396 e. The molecule has 5 nitrogen and oxygen atoms in total. The number of aromatic nitrogens is 1. The normalized spacial score (nSPS) is 18.8. The summed E-state index contributed by atoms with van der Waals surface area (Å²) < 4.78 is 5.29. The molecule has 2 heterocycles. The number of thiazole rings is 1. The van der Waals surface area contributed by atoms with E-state index in [1.165, 1.54) is 0 Å². The van der Waals surface area contributed by atoms with Crippen LogP contribution in [0.3, 0.4) is 0 Å². The summed E-state index contributed by atoms with van der Waals surface area (Å²) in [4.78, 5) is 7.65. The molecule has 6 heteroatoms. The third-order valence-corrected chi connectivity index (χ3v) is 3.92. The fourth-order valence-corrected chi connectivity index (χ4v) is 2.72. The number of hydrogen-bond donors (Lipinski definition) is 2. The standard InChI is InChI=1S/C10H17N3O2S/c11-5-8(7-14)9-6-12-10(16-9)13-1-3-15-4-2-13/h6,8,14H,1-5,7,11H2. The molecule has 0 radical (unpaired) electrons. The van der Waals surface area contributed by atoms with Crippen LogP contribution >= 0.6 is 11.3 Å². The minimum Gasteiger partial charge on any atom is -0.396 e. The maximum atomic E-state index is 9.16. The van der Waals surface area contributed by atoms with Crippen molar-refractivity contribution < 1.29 is 9.84 Å². The highest BCUT2D eigenvalue weighted by Gasteiger charge is 2.17. The monoisotopic (exact) mass is 243 g/mol. The maximum absolute atomic E-state index is 9.16. The van der Waals surface area contributed by atoms with Crippen LogP contribution in [0.25, 0.3) is 0 Å². The Morgan fingerprint density at radius 2 is 2.31 bits per heavy atom. The van der Waals surface area contributed by atoms with Gasteiger partial charge in [0.15, 0.2) is 5.13 Å². The number of nitrogens with zero attached hydrogens (tertiary/aromatic N) is 2. The highest BCUT2D eigenvalue weighted by Crippen LogP contribution is 2.28. The molecule has 2 rings (SSSR count). The SMILES string of the molecule is NCC(CO)c1cnc(N2CCOCC2)s1. The fourth-order valence-electron chi connectivity index (χ4n) is 1.65. The molecule has 3 N–H and O–H groups in total. The lowest BCUT2D eigenvalue weighted by atomic mass is 10.1. The first-order chi connectivity index (χ1) is 7.85. The summed E-state index contributed by atoms with van der Waals surface area (Å²) in [6.07, 6.45) is 1.82. The Morgan fingerprint density at radius 3 is 2.94 bits per heavy atom. The van der Waals surface area contributed by atoms with Gasteiger partial charge in [0.25, 0.3) is 0 Å². The molecule has 0 spiro atoms. The van der Waals surface area contributed by atoms with Crippen LogP contribution in [0.4, 0.5) is 5.13 Å². The molecule has 0 aliphatic carbocycles. The van der Waals surface area contributed by atoms with Gasteiger partial charge in [-0.25, -0.2) is 4.98 Å². The Hall–Kier alpha value is -0.690. The molecule has 1 aromatic rings. The minimum atomic E-state index is 0.0206. The molecule has 1 unspecified atom stereocenters. The molecule has 1 aromatic heterocycles. The Kier molecular flexibility index (Phi) is 4.11. The third kappa shape index (κ3) is 2.52. The van der Waals surface area contributed by atoms with E-state index in [4.69, 9.17) is 15.6 Å². The summed E-state index contributed by atoms with van der Waals surface area (Å²) in [6, 6.07) is 0. The van der Waals surface area contributed by atoms with Gasteiger partial charge in [-0.15, -0.1) is 11.3 Å². The van der Waals surface area contributed by atoms with E-state index in [1.54, 1.807) is 11.3 Å². The zero-order chi connectivity index (χ0) is 11.4. The lowest BCUT2D eigenvalue weighted by molar-refractivity contribution is 0.122. The second-order valence-electron chi connectivity index (χ2n) is 3.76. The van der Waals surface area contributed by atoms with Gasteiger partial charge in [0.1, 0.15) is 0 Å². The van der Waals surface area contributed by atoms with Crippen LogP contribution in [0.1, 0.15) is 10.8 Å². The third-order valence-electron chi connectivity index (χ3n) is 2.70. The minimum absolute atomic E-state index is 0.0206. The molecule has 0 aromatic carbocycles. The molecule has 0 amide bonds. The maximum Gasteiger partial charge on any atom is 0.185 e. The lowest BCUT2D eigenvalue weighted by Crippen LogP contribution is -2.36. The van der Waals surface area contributed by atoms with E-state index in [9.17, 15) is 0 Å². The van der Waals surface area contributed by atoms with Crippen molar-refractivity contribution in [3.63, 3.8) is 0 Å². The molecule has 90 valence electrons. The van der Waals surface area contributed by atoms with Crippen molar-refractivity contribution >= 4 is 16.5 Å². The molecule has 0 bridgehead atoms. The van der Waals surface area contributed by atoms with Gasteiger partial charge < -0.3 is 20.5 Å². The zero-order valence-corrected chi connectivity index (χ0v) is 9.95. The van der Waals surface area contributed by atoms with Gasteiger partial charge in [-0.05, 0) is 0 Å². The highest BCUT2D eigenvalue weighted by atomic mass is 32.1. The van der Waals surface area contributed by atoms with Crippen molar-refractivity contribution in [2.24, 2.45) is 5.73 Å². The van der Waals surface area contributed by atoms with Gasteiger partial charge >= 0.3 is 0 Å². The molecule has 1 saturated heterocycles. The predicted molar refractivity (Wildman–Crippen MR) is 64.0 cm³/mol. The lowest BCUT2D eigenvalue weighted by Gasteiger charge is -2.26. The predicted octanol–water partition coefficient (Wildman–Crippen LogP) is 0.0143. The number of hydrogen-bond acceptors (Lipinski definition) is 6. The molecule has 1 aliphatic rings. The van der Waals surface area contributed by atoms with Crippen molar-refractivity contribution in [3.8, 4) is 0 Å². The average molecular weight is 243 g/mol. The van der Waals surface area contributed by atoms with E-state index in [1.807, 2.05) is 6.20 Å². The summed E-state index contributed by atoms with van der Waals surface area (Å²) in [6.45, 7) is 3.84. The first-order valence-corrected chi connectivity index (χ1v) is 6.26. The second-order valence-corrected chi connectivity index (χ2v) is 4.80. The van der Waals surface area contributed by atoms with Crippen molar-refractivity contribution in [2.45, 2.75) is 5.92 Å². The Bertz CT molecular complexity index is 322. The van der Waals surface area contributed by atoms with E-state index in [-0.39, 0.29) is 12.5 Å². The molecular formula is C10H17N3O2S. The summed E-state index contributed by atoms with van der Waals surface area (Å²) >= 11 is 1.62. The number of morpholine rings is 1. The highest BCUT2D eigenvalue weighted by molar-refractivity contribution is 7.15. The van der Waals surface area contributed by atoms with Crippen LogP contribution in [-0.4, -0.2) is 49.5 Å². The molecule has 0 saturated carbocycles. The zero-order valence-electron chi connectivity index (χ0n) is 9.13. The fraction of sp³-hybridized carbons (Fsp3) is 0.700. The number of nitrogens with two attached hydrogens (primary N) is 1.